The molecule has 3 rings (SSSR count). The molecule has 1 saturated carbocycles. The van der Waals surface area contributed by atoms with E-state index < -0.39 is 0 Å². The van der Waals surface area contributed by atoms with Crippen LogP contribution in [-0.2, 0) is 6.42 Å². The maximum absolute atomic E-state index is 6.43. The zero-order valence-corrected chi connectivity index (χ0v) is 10.3. The van der Waals surface area contributed by atoms with Gasteiger partial charge in [0.15, 0.2) is 0 Å². The zero-order chi connectivity index (χ0) is 11.8. The standard InChI is InChI=1S/C15H19NO/c1-2-12-14(15(16)10-6-5-7-10)11-8-3-4-9-13(11)17-12/h3-4,8-10,15H,2,5-7,16H2,1H3. The summed E-state index contributed by atoms with van der Waals surface area (Å²) in [5.41, 5.74) is 8.67. The first kappa shape index (κ1) is 10.8. The summed E-state index contributed by atoms with van der Waals surface area (Å²) in [6.07, 6.45) is 4.79. The van der Waals surface area contributed by atoms with Crippen LogP contribution < -0.4 is 5.73 Å². The normalized spacial score (nSPS) is 18.2. The van der Waals surface area contributed by atoms with Crippen LogP contribution in [0.5, 0.6) is 0 Å². The second-order valence-electron chi connectivity index (χ2n) is 5.01. The number of nitrogens with two attached hydrogens (primary N) is 1. The minimum absolute atomic E-state index is 0.155. The van der Waals surface area contributed by atoms with Crippen molar-refractivity contribution < 1.29 is 4.42 Å². The number of hydrogen-bond donors (Lipinski definition) is 1. The van der Waals surface area contributed by atoms with Gasteiger partial charge in [-0.3, -0.25) is 0 Å². The number of para-hydroxylation sites is 1. The topological polar surface area (TPSA) is 39.2 Å². The van der Waals surface area contributed by atoms with Crippen molar-refractivity contribution in [1.29, 1.82) is 0 Å². The number of hydrogen-bond acceptors (Lipinski definition) is 2. The monoisotopic (exact) mass is 229 g/mol. The molecule has 0 spiro atoms. The Morgan fingerprint density at radius 3 is 2.76 bits per heavy atom. The minimum Gasteiger partial charge on any atom is -0.461 e. The van der Waals surface area contributed by atoms with E-state index in [2.05, 4.69) is 19.1 Å². The van der Waals surface area contributed by atoms with E-state index in [1.165, 1.54) is 30.2 Å². The maximum Gasteiger partial charge on any atom is 0.134 e. The Kier molecular flexibility index (Phi) is 2.67. The molecule has 0 aliphatic heterocycles. The van der Waals surface area contributed by atoms with Crippen LogP contribution in [0.15, 0.2) is 28.7 Å². The van der Waals surface area contributed by atoms with E-state index in [9.17, 15) is 0 Å². The van der Waals surface area contributed by atoms with E-state index in [0.29, 0.717) is 5.92 Å². The zero-order valence-electron chi connectivity index (χ0n) is 10.3. The highest BCUT2D eigenvalue weighted by Crippen LogP contribution is 2.40. The first-order valence-electron chi connectivity index (χ1n) is 6.57. The molecule has 2 N–H and O–H groups in total. The highest BCUT2D eigenvalue weighted by molar-refractivity contribution is 5.82. The van der Waals surface area contributed by atoms with E-state index in [1.54, 1.807) is 0 Å². The van der Waals surface area contributed by atoms with Gasteiger partial charge in [-0.25, -0.2) is 0 Å². The van der Waals surface area contributed by atoms with Crippen molar-refractivity contribution in [2.75, 3.05) is 0 Å². The van der Waals surface area contributed by atoms with Gasteiger partial charge in [-0.2, -0.15) is 0 Å². The average Bonchev–Trinajstić information content (AvgIpc) is 2.64. The van der Waals surface area contributed by atoms with Crippen molar-refractivity contribution in [3.63, 3.8) is 0 Å². The van der Waals surface area contributed by atoms with Crippen LogP contribution >= 0.6 is 0 Å². The summed E-state index contributed by atoms with van der Waals surface area (Å²) in [5, 5.41) is 1.21. The highest BCUT2D eigenvalue weighted by atomic mass is 16.3. The van der Waals surface area contributed by atoms with Gasteiger partial charge < -0.3 is 10.2 Å². The fourth-order valence-electron chi connectivity index (χ4n) is 2.78. The van der Waals surface area contributed by atoms with Crippen molar-refractivity contribution in [2.45, 2.75) is 38.6 Å². The molecule has 0 bridgehead atoms. The second kappa shape index (κ2) is 4.19. The second-order valence-corrected chi connectivity index (χ2v) is 5.01. The predicted molar refractivity (Wildman–Crippen MR) is 69.9 cm³/mol. The molecule has 2 aromatic rings. The molecule has 1 aromatic carbocycles. The van der Waals surface area contributed by atoms with Gasteiger partial charge >= 0.3 is 0 Å². The molecule has 2 nitrogen and oxygen atoms in total. The molecule has 1 aliphatic rings. The fraction of sp³-hybridized carbons (Fsp3) is 0.467. The maximum atomic E-state index is 6.43. The predicted octanol–water partition coefficient (Wildman–Crippen LogP) is 3.80. The molecule has 0 amide bonds. The Morgan fingerprint density at radius 2 is 2.12 bits per heavy atom. The molecule has 17 heavy (non-hydrogen) atoms. The third-order valence-electron chi connectivity index (χ3n) is 4.02. The van der Waals surface area contributed by atoms with Crippen LogP contribution in [0, 0.1) is 5.92 Å². The number of benzene rings is 1. The minimum atomic E-state index is 0.155. The average molecular weight is 229 g/mol. The first-order chi connectivity index (χ1) is 8.31. The lowest BCUT2D eigenvalue weighted by Crippen LogP contribution is -2.27. The summed E-state index contributed by atoms with van der Waals surface area (Å²) in [7, 11) is 0. The number of aryl methyl sites for hydroxylation is 1. The quantitative estimate of drug-likeness (QED) is 0.869. The van der Waals surface area contributed by atoms with Gasteiger partial charge in [-0.15, -0.1) is 0 Å². The molecular weight excluding hydrogens is 210 g/mol. The molecule has 0 radical (unpaired) electrons. The Hall–Kier alpha value is -1.28. The lowest BCUT2D eigenvalue weighted by Gasteiger charge is -2.31. The summed E-state index contributed by atoms with van der Waals surface area (Å²) in [4.78, 5) is 0. The van der Waals surface area contributed by atoms with Crippen LogP contribution in [0.1, 0.15) is 43.6 Å². The van der Waals surface area contributed by atoms with Crippen molar-refractivity contribution in [1.82, 2.24) is 0 Å². The van der Waals surface area contributed by atoms with Crippen LogP contribution in [0.2, 0.25) is 0 Å². The summed E-state index contributed by atoms with van der Waals surface area (Å²) < 4.78 is 5.91. The van der Waals surface area contributed by atoms with E-state index in [0.717, 1.165) is 17.8 Å². The SMILES string of the molecule is CCc1oc2ccccc2c1C(N)C1CCC1. The Morgan fingerprint density at radius 1 is 1.35 bits per heavy atom. The molecule has 90 valence electrons. The van der Waals surface area contributed by atoms with E-state index in [1.807, 2.05) is 12.1 Å². The van der Waals surface area contributed by atoms with Crippen molar-refractivity contribution in [2.24, 2.45) is 11.7 Å². The molecule has 0 saturated heterocycles. The number of rotatable bonds is 3. The van der Waals surface area contributed by atoms with Crippen LogP contribution in [0.4, 0.5) is 0 Å². The van der Waals surface area contributed by atoms with Crippen molar-refractivity contribution in [3.05, 3.63) is 35.6 Å². The summed E-state index contributed by atoms with van der Waals surface area (Å²) in [6.45, 7) is 2.13. The first-order valence-corrected chi connectivity index (χ1v) is 6.57. The smallest absolute Gasteiger partial charge is 0.134 e. The highest BCUT2D eigenvalue weighted by Gasteiger charge is 2.29. The Bertz CT molecular complexity index is 525. The van der Waals surface area contributed by atoms with Gasteiger partial charge in [0.2, 0.25) is 0 Å². The van der Waals surface area contributed by atoms with E-state index in [4.69, 9.17) is 10.2 Å². The van der Waals surface area contributed by atoms with E-state index in [-0.39, 0.29) is 6.04 Å². The van der Waals surface area contributed by atoms with Crippen molar-refractivity contribution in [3.8, 4) is 0 Å². The number of furan rings is 1. The fourth-order valence-corrected chi connectivity index (χ4v) is 2.78. The molecule has 1 heterocycles. The van der Waals surface area contributed by atoms with Crippen LogP contribution in [0.25, 0.3) is 11.0 Å². The molecule has 1 atom stereocenters. The lowest BCUT2D eigenvalue weighted by molar-refractivity contribution is 0.263. The van der Waals surface area contributed by atoms with E-state index >= 15 is 0 Å². The summed E-state index contributed by atoms with van der Waals surface area (Å²) in [5.74, 6) is 1.73. The molecule has 1 aliphatic carbocycles. The Balaban J connectivity index is 2.11. The summed E-state index contributed by atoms with van der Waals surface area (Å²) in [6, 6.07) is 8.40. The molecule has 1 aromatic heterocycles. The molecule has 1 fully saturated rings. The largest absolute Gasteiger partial charge is 0.461 e. The Labute approximate surface area is 102 Å². The van der Waals surface area contributed by atoms with Gasteiger partial charge in [-0.05, 0) is 24.8 Å². The number of fused-ring (bicyclic) bond motifs is 1. The van der Waals surface area contributed by atoms with Gasteiger partial charge in [0, 0.05) is 23.4 Å². The van der Waals surface area contributed by atoms with Gasteiger partial charge in [0.1, 0.15) is 11.3 Å². The molecular formula is C15H19NO. The van der Waals surface area contributed by atoms with Gasteiger partial charge in [0.25, 0.3) is 0 Å². The summed E-state index contributed by atoms with van der Waals surface area (Å²) >= 11 is 0. The third kappa shape index (κ3) is 1.67. The van der Waals surface area contributed by atoms with Gasteiger partial charge in [-0.1, -0.05) is 31.5 Å². The molecule has 2 heteroatoms. The molecule has 1 unspecified atom stereocenters. The lowest BCUT2D eigenvalue weighted by atomic mass is 9.77. The van der Waals surface area contributed by atoms with Gasteiger partial charge in [0.05, 0.1) is 0 Å². The van der Waals surface area contributed by atoms with Crippen molar-refractivity contribution >= 4 is 11.0 Å². The third-order valence-corrected chi connectivity index (χ3v) is 4.02. The van der Waals surface area contributed by atoms with Crippen LogP contribution in [-0.4, -0.2) is 0 Å². The van der Waals surface area contributed by atoms with Crippen LogP contribution in [0.3, 0.4) is 0 Å².